The molecule has 1 aliphatic rings. The van der Waals surface area contributed by atoms with Gasteiger partial charge in [0.05, 0.1) is 5.56 Å². The van der Waals surface area contributed by atoms with Crippen LogP contribution in [0.1, 0.15) is 67.3 Å². The van der Waals surface area contributed by atoms with E-state index in [-0.39, 0.29) is 12.2 Å². The normalized spacial score (nSPS) is 14.7. The number of carbonyl (C=O) groups excluding carboxylic acids is 2. The first kappa shape index (κ1) is 24.7. The summed E-state index contributed by atoms with van der Waals surface area (Å²) in [5.74, 6) is -1.07. The number of benzene rings is 1. The van der Waals surface area contributed by atoms with Crippen molar-refractivity contribution >= 4 is 74.9 Å². The summed E-state index contributed by atoms with van der Waals surface area (Å²) in [4.78, 5) is 27.7. The number of hydrogen-bond donors (Lipinski definition) is 1. The van der Waals surface area contributed by atoms with Crippen LogP contribution in [0.15, 0.2) is 24.3 Å². The zero-order valence-corrected chi connectivity index (χ0v) is 21.1. The van der Waals surface area contributed by atoms with E-state index < -0.39 is 15.6 Å². The number of fused-ring (bicyclic) bond motifs is 1. The Morgan fingerprint density at radius 3 is 2.55 bits per heavy atom. The molecule has 3 nitrogen and oxygen atoms in total. The number of rotatable bonds is 8. The van der Waals surface area contributed by atoms with Gasteiger partial charge >= 0.3 is 0 Å². The number of halogens is 3. The molecule has 166 valence electrons. The summed E-state index contributed by atoms with van der Waals surface area (Å²) in [6.45, 7) is 1.93. The summed E-state index contributed by atoms with van der Waals surface area (Å²) < 4.78 is -1.63. The van der Waals surface area contributed by atoms with E-state index in [9.17, 15) is 9.59 Å². The molecule has 1 heterocycles. The molecule has 2 N–H and O–H groups in total. The maximum Gasteiger partial charge on any atom is 0.250 e. The fraction of sp³-hybridized carbons (Fsp3) is 0.435. The number of ketones is 1. The van der Waals surface area contributed by atoms with E-state index in [0.717, 1.165) is 41.7 Å². The number of carbonyl (C=O) groups is 2. The van der Waals surface area contributed by atoms with Crippen molar-refractivity contribution in [2.75, 3.05) is 0 Å². The molecule has 1 aromatic carbocycles. The molecule has 3 rings (SSSR count). The van der Waals surface area contributed by atoms with Gasteiger partial charge in [0, 0.05) is 34.1 Å². The van der Waals surface area contributed by atoms with Gasteiger partial charge in [-0.25, -0.2) is 0 Å². The van der Waals surface area contributed by atoms with Crippen molar-refractivity contribution in [3.8, 4) is 0 Å². The zero-order chi connectivity index (χ0) is 22.8. The van der Waals surface area contributed by atoms with Crippen LogP contribution >= 0.6 is 58.4 Å². The van der Waals surface area contributed by atoms with Gasteiger partial charge < -0.3 is 5.73 Å². The van der Waals surface area contributed by atoms with Gasteiger partial charge in [-0.15, -0.1) is 11.3 Å². The summed E-state index contributed by atoms with van der Waals surface area (Å²) in [6, 6.07) is 7.35. The third-order valence-corrected chi connectivity index (χ3v) is 8.09. The van der Waals surface area contributed by atoms with Crippen molar-refractivity contribution in [3.63, 3.8) is 0 Å². The molecule has 0 aliphatic heterocycles. The van der Waals surface area contributed by atoms with Crippen LogP contribution in [0.2, 0.25) is 0 Å². The number of amides is 1. The van der Waals surface area contributed by atoms with Gasteiger partial charge in [-0.05, 0) is 55.5 Å². The second-order valence-electron chi connectivity index (χ2n) is 8.03. The highest BCUT2D eigenvalue weighted by Gasteiger charge is 2.35. The molecule has 31 heavy (non-hydrogen) atoms. The number of alkyl halides is 3. The molecule has 1 atom stereocenters. The Balaban J connectivity index is 1.75. The lowest BCUT2D eigenvalue weighted by molar-refractivity contribution is 0.0961. The Hall–Kier alpha value is -0.980. The number of thiocarbonyl (C=S) groups is 1. The molecular formula is C23H24Cl3NO2S2. The monoisotopic (exact) mass is 515 g/mol. The van der Waals surface area contributed by atoms with Crippen LogP contribution in [-0.4, -0.2) is 20.3 Å². The predicted molar refractivity (Wildman–Crippen MR) is 134 cm³/mol. The van der Waals surface area contributed by atoms with E-state index >= 15 is 0 Å². The van der Waals surface area contributed by atoms with E-state index in [4.69, 9.17) is 52.8 Å². The SMILES string of the molecule is Cc1cccc(C(=O)CC(CC(=S)Cc2sc3c(c2C(N)=O)CCCC3)C(Cl)(Cl)Cl)c1. The Kier molecular flexibility index (Phi) is 8.20. The molecule has 1 aliphatic carbocycles. The average Bonchev–Trinajstić information content (AvgIpc) is 3.04. The topological polar surface area (TPSA) is 60.2 Å². The van der Waals surface area contributed by atoms with Gasteiger partial charge in [0.1, 0.15) is 0 Å². The molecule has 1 aromatic heterocycles. The Morgan fingerprint density at radius 1 is 1.19 bits per heavy atom. The van der Waals surface area contributed by atoms with Crippen LogP contribution in [0.4, 0.5) is 0 Å². The lowest BCUT2D eigenvalue weighted by atomic mass is 9.92. The third kappa shape index (κ3) is 6.29. The minimum Gasteiger partial charge on any atom is -0.366 e. The first-order chi connectivity index (χ1) is 14.6. The van der Waals surface area contributed by atoms with Crippen LogP contribution in [-0.2, 0) is 19.3 Å². The lowest BCUT2D eigenvalue weighted by Crippen LogP contribution is -2.26. The molecule has 0 bridgehead atoms. The summed E-state index contributed by atoms with van der Waals surface area (Å²) in [6.07, 6.45) is 4.80. The molecule has 0 saturated carbocycles. The second-order valence-corrected chi connectivity index (χ2v) is 12.2. The summed E-state index contributed by atoms with van der Waals surface area (Å²) in [5.41, 5.74) is 8.96. The summed E-state index contributed by atoms with van der Waals surface area (Å²) >= 11 is 25.9. The fourth-order valence-corrected chi connectivity index (χ4v) is 6.37. The fourth-order valence-electron chi connectivity index (χ4n) is 4.02. The number of primary amides is 1. The Bertz CT molecular complexity index is 1010. The Labute approximate surface area is 207 Å². The summed E-state index contributed by atoms with van der Waals surface area (Å²) in [7, 11) is 0. The average molecular weight is 517 g/mol. The predicted octanol–water partition coefficient (Wildman–Crippen LogP) is 6.60. The summed E-state index contributed by atoms with van der Waals surface area (Å²) in [5, 5.41) is 0. The first-order valence-electron chi connectivity index (χ1n) is 10.2. The first-order valence-corrected chi connectivity index (χ1v) is 12.5. The van der Waals surface area contributed by atoms with Crippen LogP contribution in [0.25, 0.3) is 0 Å². The lowest BCUT2D eigenvalue weighted by Gasteiger charge is -2.24. The van der Waals surface area contributed by atoms with Crippen LogP contribution in [0, 0.1) is 12.8 Å². The number of Topliss-reactive ketones (excluding diaryl/α,β-unsaturated/α-hetero) is 1. The maximum atomic E-state index is 12.8. The van der Waals surface area contributed by atoms with Gasteiger partial charge in [-0.1, -0.05) is 70.8 Å². The number of hydrogen-bond acceptors (Lipinski definition) is 4. The van der Waals surface area contributed by atoms with Crippen LogP contribution in [0.3, 0.4) is 0 Å². The number of nitrogens with two attached hydrogens (primary N) is 1. The Morgan fingerprint density at radius 2 is 1.90 bits per heavy atom. The van der Waals surface area contributed by atoms with Crippen LogP contribution in [0.5, 0.6) is 0 Å². The maximum absolute atomic E-state index is 12.8. The highest BCUT2D eigenvalue weighted by atomic mass is 35.6. The van der Waals surface area contributed by atoms with Crippen molar-refractivity contribution < 1.29 is 9.59 Å². The highest BCUT2D eigenvalue weighted by Crippen LogP contribution is 2.41. The molecule has 8 heteroatoms. The zero-order valence-electron chi connectivity index (χ0n) is 17.2. The van der Waals surface area contributed by atoms with Crippen molar-refractivity contribution in [2.45, 2.75) is 55.7 Å². The quantitative estimate of drug-likeness (QED) is 0.244. The third-order valence-electron chi connectivity index (χ3n) is 5.56. The smallest absolute Gasteiger partial charge is 0.250 e. The van der Waals surface area contributed by atoms with Crippen LogP contribution < -0.4 is 5.73 Å². The van der Waals surface area contributed by atoms with Gasteiger partial charge in [-0.2, -0.15) is 0 Å². The van der Waals surface area contributed by atoms with Crippen molar-refractivity contribution in [3.05, 3.63) is 56.3 Å². The van der Waals surface area contributed by atoms with E-state index in [1.54, 1.807) is 17.4 Å². The van der Waals surface area contributed by atoms with Crippen molar-refractivity contribution in [2.24, 2.45) is 11.7 Å². The van der Waals surface area contributed by atoms with E-state index in [1.807, 2.05) is 25.1 Å². The molecule has 1 amide bonds. The standard InChI is InChI=1S/C23H24Cl3NO2S2/c1-13-5-4-6-14(9-13)18(28)11-15(23(24,25)26)10-16(30)12-20-21(22(27)29)17-7-2-3-8-19(17)31-20/h4-6,9,15H,2-3,7-8,10-12H2,1H3,(H2,27,29). The van der Waals surface area contributed by atoms with Crippen molar-refractivity contribution in [1.29, 1.82) is 0 Å². The van der Waals surface area contributed by atoms with Crippen molar-refractivity contribution in [1.82, 2.24) is 0 Å². The minimum atomic E-state index is -1.63. The number of aryl methyl sites for hydroxylation is 2. The van der Waals surface area contributed by atoms with Gasteiger partial charge in [0.15, 0.2) is 9.58 Å². The molecule has 1 unspecified atom stereocenters. The molecule has 2 aromatic rings. The molecule has 0 fully saturated rings. The number of thiophene rings is 1. The van der Waals surface area contributed by atoms with E-state index in [0.29, 0.717) is 28.8 Å². The van der Waals surface area contributed by atoms with E-state index in [1.165, 1.54) is 4.88 Å². The van der Waals surface area contributed by atoms with Gasteiger partial charge in [-0.3, -0.25) is 9.59 Å². The minimum absolute atomic E-state index is 0.0731. The van der Waals surface area contributed by atoms with Gasteiger partial charge in [0.25, 0.3) is 0 Å². The van der Waals surface area contributed by atoms with Gasteiger partial charge in [0.2, 0.25) is 5.91 Å². The molecule has 0 saturated heterocycles. The molecule has 0 radical (unpaired) electrons. The molecule has 0 spiro atoms. The molecular weight excluding hydrogens is 493 g/mol. The largest absolute Gasteiger partial charge is 0.366 e. The van der Waals surface area contributed by atoms with E-state index in [2.05, 4.69) is 0 Å². The second kappa shape index (κ2) is 10.3. The highest BCUT2D eigenvalue weighted by molar-refractivity contribution is 7.80.